The van der Waals surface area contributed by atoms with Crippen LogP contribution in [0.5, 0.6) is 0 Å². The maximum absolute atomic E-state index is 10.3. The van der Waals surface area contributed by atoms with E-state index in [0.717, 1.165) is 6.42 Å². The predicted octanol–water partition coefficient (Wildman–Crippen LogP) is 0.156. The van der Waals surface area contributed by atoms with Crippen molar-refractivity contribution in [2.75, 3.05) is 13.2 Å². The highest BCUT2D eigenvalue weighted by atomic mass is 17.4. The second-order valence-corrected chi connectivity index (χ2v) is 2.28. The minimum absolute atomic E-state index is 0.0455. The summed E-state index contributed by atoms with van der Waals surface area (Å²) in [4.78, 5) is 18.9. The van der Waals surface area contributed by atoms with Crippen molar-refractivity contribution in [2.45, 2.75) is 19.1 Å². The van der Waals surface area contributed by atoms with Crippen LogP contribution in [-0.4, -0.2) is 30.1 Å². The van der Waals surface area contributed by atoms with Crippen LogP contribution in [0.15, 0.2) is 0 Å². The lowest BCUT2D eigenvalue weighted by molar-refractivity contribution is -0.146. The van der Waals surface area contributed by atoms with Crippen molar-refractivity contribution >= 4 is 5.97 Å². The Bertz CT molecular complexity index is 151. The smallest absolute Gasteiger partial charge is 0.372 e. The van der Waals surface area contributed by atoms with Crippen molar-refractivity contribution in [1.82, 2.24) is 0 Å². The van der Waals surface area contributed by atoms with E-state index in [4.69, 9.17) is 9.84 Å². The molecule has 64 valence electrons. The first-order valence-electron chi connectivity index (χ1n) is 3.39. The molecule has 1 aliphatic rings. The van der Waals surface area contributed by atoms with Crippen LogP contribution in [0.3, 0.4) is 0 Å². The average molecular weight is 162 g/mol. The SMILES string of the molecule is CCCOCC1(C(=O)O)OO1. The summed E-state index contributed by atoms with van der Waals surface area (Å²) in [5.74, 6) is -2.65. The molecule has 0 bridgehead atoms. The Morgan fingerprint density at radius 1 is 1.64 bits per heavy atom. The Labute approximate surface area is 63.8 Å². The van der Waals surface area contributed by atoms with Gasteiger partial charge < -0.3 is 9.84 Å². The fourth-order valence-electron chi connectivity index (χ4n) is 0.582. The molecule has 0 aliphatic carbocycles. The number of hydrogen-bond donors (Lipinski definition) is 1. The second-order valence-electron chi connectivity index (χ2n) is 2.28. The number of carbonyl (C=O) groups is 1. The van der Waals surface area contributed by atoms with Gasteiger partial charge in [0.1, 0.15) is 6.61 Å². The molecule has 0 spiro atoms. The van der Waals surface area contributed by atoms with Crippen molar-refractivity contribution in [1.29, 1.82) is 0 Å². The molecule has 0 unspecified atom stereocenters. The maximum atomic E-state index is 10.3. The minimum atomic E-state index is -1.50. The third kappa shape index (κ3) is 1.89. The van der Waals surface area contributed by atoms with Crippen LogP contribution in [0, 0.1) is 0 Å². The molecule has 5 heteroatoms. The van der Waals surface area contributed by atoms with Crippen molar-refractivity contribution in [2.24, 2.45) is 0 Å². The predicted molar refractivity (Wildman–Crippen MR) is 33.6 cm³/mol. The van der Waals surface area contributed by atoms with Gasteiger partial charge in [-0.05, 0) is 6.42 Å². The largest absolute Gasteiger partial charge is 0.477 e. The second kappa shape index (κ2) is 3.17. The van der Waals surface area contributed by atoms with E-state index in [-0.39, 0.29) is 6.61 Å². The number of carboxylic acid groups (broad SMARTS) is 1. The fraction of sp³-hybridized carbons (Fsp3) is 0.833. The lowest BCUT2D eigenvalue weighted by Gasteiger charge is -2.01. The molecule has 0 aromatic heterocycles. The van der Waals surface area contributed by atoms with Crippen LogP contribution in [0.4, 0.5) is 0 Å². The van der Waals surface area contributed by atoms with Crippen LogP contribution in [-0.2, 0) is 19.3 Å². The lowest BCUT2D eigenvalue weighted by Crippen LogP contribution is -2.29. The minimum Gasteiger partial charge on any atom is -0.477 e. The van der Waals surface area contributed by atoms with E-state index in [1.807, 2.05) is 6.92 Å². The summed E-state index contributed by atoms with van der Waals surface area (Å²) in [5.41, 5.74) is 0. The molecule has 0 saturated carbocycles. The van der Waals surface area contributed by atoms with Gasteiger partial charge in [-0.3, -0.25) is 0 Å². The molecule has 1 saturated heterocycles. The summed E-state index contributed by atoms with van der Waals surface area (Å²) < 4.78 is 4.94. The van der Waals surface area contributed by atoms with Gasteiger partial charge in [0.25, 0.3) is 0 Å². The molecular formula is C6H10O5. The molecule has 11 heavy (non-hydrogen) atoms. The molecule has 1 aliphatic heterocycles. The van der Waals surface area contributed by atoms with E-state index in [1.165, 1.54) is 0 Å². The van der Waals surface area contributed by atoms with Crippen LogP contribution in [0.25, 0.3) is 0 Å². The summed E-state index contributed by atoms with van der Waals surface area (Å²) in [6, 6.07) is 0. The molecule has 1 fully saturated rings. The maximum Gasteiger partial charge on any atom is 0.372 e. The van der Waals surface area contributed by atoms with Crippen molar-refractivity contribution in [3.05, 3.63) is 0 Å². The van der Waals surface area contributed by atoms with Crippen LogP contribution in [0.2, 0.25) is 0 Å². The van der Waals surface area contributed by atoms with Crippen LogP contribution < -0.4 is 0 Å². The van der Waals surface area contributed by atoms with E-state index in [1.54, 1.807) is 0 Å². The highest BCUT2D eigenvalue weighted by Gasteiger charge is 2.57. The normalized spacial score (nSPS) is 19.7. The van der Waals surface area contributed by atoms with Crippen molar-refractivity contribution in [3.63, 3.8) is 0 Å². The zero-order valence-electron chi connectivity index (χ0n) is 6.20. The van der Waals surface area contributed by atoms with E-state index in [0.29, 0.717) is 6.61 Å². The molecule has 0 atom stereocenters. The van der Waals surface area contributed by atoms with Gasteiger partial charge in [0, 0.05) is 6.61 Å². The molecule has 1 N–H and O–H groups in total. The first-order chi connectivity index (χ1) is 5.21. The van der Waals surface area contributed by atoms with Gasteiger partial charge in [-0.2, -0.15) is 9.78 Å². The van der Waals surface area contributed by atoms with Gasteiger partial charge in [0.2, 0.25) is 0 Å². The third-order valence-corrected chi connectivity index (χ3v) is 1.25. The number of aliphatic carboxylic acids is 1. The Hall–Kier alpha value is -0.650. The van der Waals surface area contributed by atoms with E-state index in [9.17, 15) is 4.79 Å². The van der Waals surface area contributed by atoms with Gasteiger partial charge in [-0.1, -0.05) is 6.92 Å². The Morgan fingerprint density at radius 3 is 2.64 bits per heavy atom. The average Bonchev–Trinajstić information content (AvgIpc) is 2.70. The zero-order chi connectivity index (χ0) is 8.32. The first kappa shape index (κ1) is 8.45. The highest BCUT2D eigenvalue weighted by Crippen LogP contribution is 2.29. The Balaban J connectivity index is 2.20. The molecule has 1 heterocycles. The zero-order valence-corrected chi connectivity index (χ0v) is 6.20. The Kier molecular flexibility index (Phi) is 2.43. The molecule has 0 aromatic rings. The van der Waals surface area contributed by atoms with Crippen LogP contribution >= 0.6 is 0 Å². The summed E-state index contributed by atoms with van der Waals surface area (Å²) in [6.07, 6.45) is 0.843. The molecule has 0 aromatic carbocycles. The van der Waals surface area contributed by atoms with E-state index >= 15 is 0 Å². The van der Waals surface area contributed by atoms with Crippen molar-refractivity contribution in [3.8, 4) is 0 Å². The van der Waals surface area contributed by atoms with Crippen LogP contribution in [0.1, 0.15) is 13.3 Å². The quantitative estimate of drug-likeness (QED) is 0.354. The van der Waals surface area contributed by atoms with E-state index in [2.05, 4.69) is 9.78 Å². The number of ether oxygens (including phenoxy) is 1. The fourth-order valence-corrected chi connectivity index (χ4v) is 0.582. The summed E-state index contributed by atoms with van der Waals surface area (Å²) in [7, 11) is 0. The Morgan fingerprint density at radius 2 is 2.27 bits per heavy atom. The summed E-state index contributed by atoms with van der Waals surface area (Å²) in [6.45, 7) is 2.40. The summed E-state index contributed by atoms with van der Waals surface area (Å²) >= 11 is 0. The number of rotatable bonds is 5. The van der Waals surface area contributed by atoms with Crippen molar-refractivity contribution < 1.29 is 24.4 Å². The van der Waals surface area contributed by atoms with E-state index < -0.39 is 11.8 Å². The van der Waals surface area contributed by atoms with Gasteiger partial charge in [-0.25, -0.2) is 4.79 Å². The van der Waals surface area contributed by atoms with Gasteiger partial charge in [-0.15, -0.1) is 0 Å². The molecular weight excluding hydrogens is 152 g/mol. The molecule has 5 nitrogen and oxygen atoms in total. The van der Waals surface area contributed by atoms with Gasteiger partial charge in [0.15, 0.2) is 0 Å². The highest BCUT2D eigenvalue weighted by molar-refractivity contribution is 5.77. The number of carboxylic acids is 1. The standard InChI is InChI=1S/C6H10O5/c1-2-3-9-4-6(5(7)8)10-11-6/h2-4H2,1H3,(H,7,8). The third-order valence-electron chi connectivity index (χ3n) is 1.25. The first-order valence-corrected chi connectivity index (χ1v) is 3.39. The molecule has 1 rings (SSSR count). The summed E-state index contributed by atoms with van der Waals surface area (Å²) in [5, 5.41) is 8.47. The monoisotopic (exact) mass is 162 g/mol. The number of hydrogen-bond acceptors (Lipinski definition) is 4. The topological polar surface area (TPSA) is 71.6 Å². The van der Waals surface area contributed by atoms with Gasteiger partial charge >= 0.3 is 11.8 Å². The van der Waals surface area contributed by atoms with Gasteiger partial charge in [0.05, 0.1) is 0 Å². The molecule has 0 radical (unpaired) electrons. The molecule has 0 amide bonds. The lowest BCUT2D eigenvalue weighted by atomic mass is 10.3.